The Hall–Kier alpha value is -2.58. The van der Waals surface area contributed by atoms with E-state index in [1.54, 1.807) is 6.07 Å². The van der Waals surface area contributed by atoms with Crippen molar-refractivity contribution in [3.05, 3.63) is 47.5 Å². The third-order valence-electron chi connectivity index (χ3n) is 5.05. The number of rotatable bonds is 8. The van der Waals surface area contributed by atoms with E-state index in [1.807, 2.05) is 36.9 Å². The smallest absolute Gasteiger partial charge is 0.241 e. The molecule has 1 amide bonds. The number of sulfonamides is 1. The van der Waals surface area contributed by atoms with Gasteiger partial charge in [0.05, 0.1) is 19.1 Å². The Morgan fingerprint density at radius 2 is 1.83 bits per heavy atom. The lowest BCUT2D eigenvalue weighted by atomic mass is 10.1. The Morgan fingerprint density at radius 3 is 2.50 bits per heavy atom. The van der Waals surface area contributed by atoms with Gasteiger partial charge in [-0.2, -0.15) is 0 Å². The van der Waals surface area contributed by atoms with Gasteiger partial charge in [0.15, 0.2) is 11.5 Å². The molecule has 0 bridgehead atoms. The number of carbonyl (C=O) groups excluding carboxylic acids is 1. The molecule has 7 nitrogen and oxygen atoms in total. The first kappa shape index (κ1) is 22.1. The molecule has 0 unspecified atom stereocenters. The zero-order valence-electron chi connectivity index (χ0n) is 17.8. The molecule has 1 aliphatic rings. The maximum absolute atomic E-state index is 12.7. The van der Waals surface area contributed by atoms with Crippen LogP contribution in [-0.4, -0.2) is 35.1 Å². The molecule has 0 saturated heterocycles. The minimum Gasteiger partial charge on any atom is -0.493 e. The van der Waals surface area contributed by atoms with Crippen molar-refractivity contribution in [1.29, 1.82) is 0 Å². The van der Waals surface area contributed by atoms with Crippen molar-refractivity contribution in [3.63, 3.8) is 0 Å². The van der Waals surface area contributed by atoms with Gasteiger partial charge in [-0.25, -0.2) is 13.1 Å². The second-order valence-corrected chi connectivity index (χ2v) is 9.46. The summed E-state index contributed by atoms with van der Waals surface area (Å²) in [6, 6.07) is 10.2. The Bertz CT molecular complexity index is 1030. The average molecular weight is 433 g/mol. The topological polar surface area (TPSA) is 84.9 Å². The van der Waals surface area contributed by atoms with Crippen molar-refractivity contribution < 1.29 is 22.7 Å². The van der Waals surface area contributed by atoms with E-state index >= 15 is 0 Å². The molecule has 0 spiro atoms. The zero-order chi connectivity index (χ0) is 21.9. The van der Waals surface area contributed by atoms with E-state index in [2.05, 4.69) is 4.72 Å². The van der Waals surface area contributed by atoms with Crippen molar-refractivity contribution in [2.24, 2.45) is 5.92 Å². The minimum absolute atomic E-state index is 0.103. The number of hydrogen-bond donors (Lipinski definition) is 1. The number of carbonyl (C=O) groups is 1. The van der Waals surface area contributed by atoms with E-state index in [1.165, 1.54) is 26.4 Å². The van der Waals surface area contributed by atoms with Crippen molar-refractivity contribution in [2.45, 2.75) is 38.1 Å². The molecule has 1 heterocycles. The molecule has 162 valence electrons. The molecule has 8 heteroatoms. The molecule has 2 aromatic carbocycles. The van der Waals surface area contributed by atoms with Crippen LogP contribution in [0, 0.1) is 5.92 Å². The summed E-state index contributed by atoms with van der Waals surface area (Å²) in [7, 11) is -0.762. The van der Waals surface area contributed by atoms with Crippen LogP contribution in [0.3, 0.4) is 0 Å². The molecule has 3 rings (SSSR count). The van der Waals surface area contributed by atoms with Gasteiger partial charge >= 0.3 is 0 Å². The molecule has 0 aliphatic carbocycles. The summed E-state index contributed by atoms with van der Waals surface area (Å²) in [5.41, 5.74) is 2.83. The molecule has 30 heavy (non-hydrogen) atoms. The van der Waals surface area contributed by atoms with E-state index < -0.39 is 10.0 Å². The molecule has 0 radical (unpaired) electrons. The van der Waals surface area contributed by atoms with Crippen molar-refractivity contribution in [1.82, 2.24) is 4.72 Å². The number of benzene rings is 2. The number of ether oxygens (including phenoxy) is 2. The summed E-state index contributed by atoms with van der Waals surface area (Å²) in [6.45, 7) is 4.89. The third kappa shape index (κ3) is 4.76. The van der Waals surface area contributed by atoms with Crippen LogP contribution < -0.4 is 19.1 Å². The van der Waals surface area contributed by atoms with E-state index in [9.17, 15) is 13.2 Å². The molecular weight excluding hydrogens is 404 g/mol. The van der Waals surface area contributed by atoms with Gasteiger partial charge in [-0.1, -0.05) is 26.0 Å². The van der Waals surface area contributed by atoms with Crippen LogP contribution in [0.4, 0.5) is 5.69 Å². The Morgan fingerprint density at radius 1 is 1.10 bits per heavy atom. The number of amides is 1. The van der Waals surface area contributed by atoms with E-state index in [4.69, 9.17) is 9.47 Å². The lowest BCUT2D eigenvalue weighted by molar-refractivity contribution is -0.119. The highest BCUT2D eigenvalue weighted by molar-refractivity contribution is 7.89. The second-order valence-electron chi connectivity index (χ2n) is 7.70. The van der Waals surface area contributed by atoms with Crippen LogP contribution in [0.2, 0.25) is 0 Å². The third-order valence-corrected chi connectivity index (χ3v) is 6.45. The number of methoxy groups -OCH3 is 2. The summed E-state index contributed by atoms with van der Waals surface area (Å²) >= 11 is 0. The molecule has 0 atom stereocenters. The van der Waals surface area contributed by atoms with Crippen molar-refractivity contribution in [3.8, 4) is 11.5 Å². The number of anilines is 1. The summed E-state index contributed by atoms with van der Waals surface area (Å²) in [5, 5.41) is 0. The number of hydrogen-bond acceptors (Lipinski definition) is 5. The fourth-order valence-corrected chi connectivity index (χ4v) is 4.56. The molecule has 1 N–H and O–H groups in total. The fourth-order valence-electron chi connectivity index (χ4n) is 3.53. The largest absolute Gasteiger partial charge is 0.493 e. The van der Waals surface area contributed by atoms with Crippen LogP contribution in [0.5, 0.6) is 11.5 Å². The van der Waals surface area contributed by atoms with Gasteiger partial charge in [-0.15, -0.1) is 0 Å². The molecular formula is C22H28N2O5S. The monoisotopic (exact) mass is 432 g/mol. The highest BCUT2D eigenvalue weighted by Gasteiger charge is 2.25. The maximum Gasteiger partial charge on any atom is 0.241 e. The zero-order valence-corrected chi connectivity index (χ0v) is 18.6. The van der Waals surface area contributed by atoms with Gasteiger partial charge in [-0.3, -0.25) is 4.79 Å². The maximum atomic E-state index is 12.7. The van der Waals surface area contributed by atoms with Gasteiger partial charge < -0.3 is 14.4 Å². The molecule has 1 aliphatic heterocycles. The van der Waals surface area contributed by atoms with Crippen LogP contribution in [0.25, 0.3) is 0 Å². The lowest BCUT2D eigenvalue weighted by Gasteiger charge is -2.18. The molecule has 2 aromatic rings. The van der Waals surface area contributed by atoms with Gasteiger partial charge in [0.1, 0.15) is 0 Å². The Balaban J connectivity index is 1.72. The summed E-state index contributed by atoms with van der Waals surface area (Å²) in [4.78, 5) is 14.4. The highest BCUT2D eigenvalue weighted by atomic mass is 32.2. The van der Waals surface area contributed by atoms with Crippen molar-refractivity contribution in [2.75, 3.05) is 25.7 Å². The Labute approximate surface area is 178 Å². The second kappa shape index (κ2) is 9.06. The van der Waals surface area contributed by atoms with E-state index in [0.29, 0.717) is 30.4 Å². The Kier molecular flexibility index (Phi) is 6.67. The first-order chi connectivity index (χ1) is 14.2. The lowest BCUT2D eigenvalue weighted by Crippen LogP contribution is -2.29. The first-order valence-electron chi connectivity index (χ1n) is 9.89. The van der Waals surface area contributed by atoms with Crippen LogP contribution in [0.1, 0.15) is 31.4 Å². The van der Waals surface area contributed by atoms with E-state index in [-0.39, 0.29) is 17.3 Å². The van der Waals surface area contributed by atoms with E-state index in [0.717, 1.165) is 23.2 Å². The van der Waals surface area contributed by atoms with Crippen LogP contribution in [0.15, 0.2) is 41.3 Å². The van der Waals surface area contributed by atoms with Gasteiger partial charge in [0.2, 0.25) is 15.9 Å². The molecule has 0 fully saturated rings. The van der Waals surface area contributed by atoms with Crippen LogP contribution in [-0.2, 0) is 27.8 Å². The van der Waals surface area contributed by atoms with Crippen molar-refractivity contribution >= 4 is 21.6 Å². The van der Waals surface area contributed by atoms with Gasteiger partial charge in [0.25, 0.3) is 0 Å². The standard InChI is InChI=1S/C22H28N2O5S/c1-15(2)11-22(25)24-10-9-17-12-16(5-7-19(17)24)14-23-30(26,27)18-6-8-20(28-3)21(13-18)29-4/h5-8,12-13,15,23H,9-11,14H2,1-4H3. The number of fused-ring (bicyclic) bond motifs is 1. The van der Waals surface area contributed by atoms with Gasteiger partial charge in [0, 0.05) is 31.3 Å². The molecule has 0 saturated carbocycles. The summed E-state index contributed by atoms with van der Waals surface area (Å²) in [6.07, 6.45) is 1.29. The predicted octanol–water partition coefficient (Wildman–Crippen LogP) is 3.12. The SMILES string of the molecule is COc1ccc(S(=O)(=O)NCc2ccc3c(c2)CCN3C(=O)CC(C)C)cc1OC. The summed E-state index contributed by atoms with van der Waals surface area (Å²) < 4.78 is 38.4. The fraction of sp³-hybridized carbons (Fsp3) is 0.409. The van der Waals surface area contributed by atoms with Crippen LogP contribution >= 0.6 is 0 Å². The highest BCUT2D eigenvalue weighted by Crippen LogP contribution is 2.31. The average Bonchev–Trinajstić information content (AvgIpc) is 3.14. The molecule has 0 aromatic heterocycles. The minimum atomic E-state index is -3.72. The first-order valence-corrected chi connectivity index (χ1v) is 11.4. The number of nitrogens with one attached hydrogen (secondary N) is 1. The van der Waals surface area contributed by atoms with Gasteiger partial charge in [-0.05, 0) is 41.7 Å². The predicted molar refractivity (Wildman–Crippen MR) is 116 cm³/mol. The number of nitrogens with zero attached hydrogens (tertiary/aromatic N) is 1. The quantitative estimate of drug-likeness (QED) is 0.693. The summed E-state index contributed by atoms with van der Waals surface area (Å²) in [5.74, 6) is 1.26. The normalized spacial score (nSPS) is 13.4.